The Morgan fingerprint density at radius 1 is 0.957 bits per heavy atom. The maximum absolute atomic E-state index is 10.3. The van der Waals surface area contributed by atoms with Crippen molar-refractivity contribution in [3.05, 3.63) is 48.6 Å². The fraction of sp³-hybridized carbons (Fsp3) is 0.550. The third kappa shape index (κ3) is 18.3. The lowest BCUT2D eigenvalue weighted by Crippen LogP contribution is -1.98. The molecule has 0 bridgehead atoms. The zero-order chi connectivity index (χ0) is 17.2. The van der Waals surface area contributed by atoms with Crippen LogP contribution in [-0.2, 0) is 4.79 Å². The number of hydrogen-bond donors (Lipinski definition) is 2. The van der Waals surface area contributed by atoms with Crippen LogP contribution in [0.3, 0.4) is 0 Å². The molecule has 0 saturated carbocycles. The molecule has 0 spiro atoms. The number of carboxylic acid groups (broad SMARTS) is 1. The molecule has 1 atom stereocenters. The monoisotopic (exact) mass is 320 g/mol. The molecule has 2 N–H and O–H groups in total. The maximum Gasteiger partial charge on any atom is 0.303 e. The lowest BCUT2D eigenvalue weighted by molar-refractivity contribution is -0.137. The summed E-state index contributed by atoms with van der Waals surface area (Å²) in [7, 11) is 0. The molecule has 1 unspecified atom stereocenters. The predicted octanol–water partition coefficient (Wildman–Crippen LogP) is 5.19. The highest BCUT2D eigenvalue weighted by molar-refractivity contribution is 5.66. The molecule has 0 fully saturated rings. The third-order valence-electron chi connectivity index (χ3n) is 3.30. The number of aliphatic carboxylic acids is 1. The molecule has 0 amide bonds. The van der Waals surface area contributed by atoms with Gasteiger partial charge in [-0.1, -0.05) is 68.4 Å². The molecule has 0 aromatic heterocycles. The Hall–Kier alpha value is -1.61. The van der Waals surface area contributed by atoms with E-state index in [1.165, 1.54) is 19.3 Å². The van der Waals surface area contributed by atoms with Gasteiger partial charge in [-0.3, -0.25) is 4.79 Å². The Kier molecular flexibility index (Phi) is 15.6. The molecule has 0 radical (unpaired) electrons. The number of unbranched alkanes of at least 4 members (excludes halogenated alkanes) is 4. The van der Waals surface area contributed by atoms with Crippen LogP contribution in [-0.4, -0.2) is 22.3 Å². The van der Waals surface area contributed by atoms with Gasteiger partial charge in [0.25, 0.3) is 0 Å². The van der Waals surface area contributed by atoms with E-state index in [9.17, 15) is 9.90 Å². The van der Waals surface area contributed by atoms with Gasteiger partial charge in [0.05, 0.1) is 6.10 Å². The third-order valence-corrected chi connectivity index (χ3v) is 3.30. The summed E-state index contributed by atoms with van der Waals surface area (Å²) in [5.74, 6) is -0.740. The Labute approximate surface area is 141 Å². The van der Waals surface area contributed by atoms with Gasteiger partial charge in [0.15, 0.2) is 0 Å². The fourth-order valence-corrected chi connectivity index (χ4v) is 1.95. The molecule has 0 aromatic rings. The first-order valence-electron chi connectivity index (χ1n) is 8.70. The Morgan fingerprint density at radius 2 is 1.70 bits per heavy atom. The molecular weight excluding hydrogens is 288 g/mol. The summed E-state index contributed by atoms with van der Waals surface area (Å²) in [4.78, 5) is 10.3. The number of carboxylic acids is 1. The van der Waals surface area contributed by atoms with Gasteiger partial charge in [0.2, 0.25) is 0 Å². The predicted molar refractivity (Wildman–Crippen MR) is 97.4 cm³/mol. The van der Waals surface area contributed by atoms with Crippen molar-refractivity contribution < 1.29 is 15.0 Å². The van der Waals surface area contributed by atoms with Gasteiger partial charge in [-0.25, -0.2) is 0 Å². The molecular formula is C20H32O3. The van der Waals surface area contributed by atoms with E-state index in [0.717, 1.165) is 19.3 Å². The summed E-state index contributed by atoms with van der Waals surface area (Å²) in [6, 6.07) is 0. The smallest absolute Gasteiger partial charge is 0.303 e. The maximum atomic E-state index is 10.3. The van der Waals surface area contributed by atoms with Gasteiger partial charge in [-0.05, 0) is 38.5 Å². The summed E-state index contributed by atoms with van der Waals surface area (Å²) in [5.41, 5.74) is 0. The first-order valence-corrected chi connectivity index (χ1v) is 8.70. The van der Waals surface area contributed by atoms with Gasteiger partial charge in [-0.15, -0.1) is 0 Å². The minimum atomic E-state index is -0.740. The number of hydrogen-bond acceptors (Lipinski definition) is 2. The van der Waals surface area contributed by atoms with Gasteiger partial charge >= 0.3 is 5.97 Å². The van der Waals surface area contributed by atoms with Crippen molar-refractivity contribution in [1.82, 2.24) is 0 Å². The lowest BCUT2D eigenvalue weighted by Gasteiger charge is -1.98. The first kappa shape index (κ1) is 21.4. The van der Waals surface area contributed by atoms with Crippen molar-refractivity contribution in [2.45, 2.75) is 70.8 Å². The zero-order valence-electron chi connectivity index (χ0n) is 14.4. The van der Waals surface area contributed by atoms with Crippen LogP contribution in [0.2, 0.25) is 0 Å². The van der Waals surface area contributed by atoms with Crippen LogP contribution in [0.1, 0.15) is 64.7 Å². The molecule has 0 heterocycles. The highest BCUT2D eigenvalue weighted by Gasteiger charge is 1.93. The largest absolute Gasteiger partial charge is 0.481 e. The van der Waals surface area contributed by atoms with Crippen LogP contribution in [0.4, 0.5) is 0 Å². The van der Waals surface area contributed by atoms with Gasteiger partial charge < -0.3 is 10.2 Å². The average molecular weight is 320 g/mol. The fourth-order valence-electron chi connectivity index (χ4n) is 1.95. The van der Waals surface area contributed by atoms with Gasteiger partial charge in [-0.2, -0.15) is 0 Å². The minimum Gasteiger partial charge on any atom is -0.481 e. The first-order chi connectivity index (χ1) is 11.2. The molecule has 0 aliphatic rings. The number of rotatable bonds is 14. The highest BCUT2D eigenvalue weighted by atomic mass is 16.4. The van der Waals surface area contributed by atoms with Crippen molar-refractivity contribution in [3.63, 3.8) is 0 Å². The molecule has 23 heavy (non-hydrogen) atoms. The number of allylic oxidation sites excluding steroid dienone is 6. The Bertz CT molecular complexity index is 392. The van der Waals surface area contributed by atoms with Crippen LogP contribution >= 0.6 is 0 Å². The average Bonchev–Trinajstić information content (AvgIpc) is 2.52. The normalized spacial score (nSPS) is 13.8. The van der Waals surface area contributed by atoms with Crippen molar-refractivity contribution >= 4 is 5.97 Å². The number of aliphatic hydroxyl groups is 1. The minimum absolute atomic E-state index is 0.228. The molecule has 0 aliphatic carbocycles. The van der Waals surface area contributed by atoms with Crippen molar-refractivity contribution in [2.24, 2.45) is 0 Å². The second-order valence-electron chi connectivity index (χ2n) is 5.58. The lowest BCUT2D eigenvalue weighted by atomic mass is 10.2. The van der Waals surface area contributed by atoms with E-state index in [4.69, 9.17) is 5.11 Å². The molecule has 130 valence electrons. The van der Waals surface area contributed by atoms with Crippen LogP contribution in [0.25, 0.3) is 0 Å². The van der Waals surface area contributed by atoms with Crippen LogP contribution in [0, 0.1) is 0 Å². The highest BCUT2D eigenvalue weighted by Crippen LogP contribution is 2.02. The topological polar surface area (TPSA) is 57.5 Å². The second kappa shape index (κ2) is 16.8. The van der Waals surface area contributed by atoms with E-state index in [1.54, 1.807) is 0 Å². The van der Waals surface area contributed by atoms with E-state index >= 15 is 0 Å². The summed E-state index contributed by atoms with van der Waals surface area (Å²) in [6.45, 7) is 2.20. The van der Waals surface area contributed by atoms with Crippen molar-refractivity contribution in [2.75, 3.05) is 0 Å². The zero-order valence-corrected chi connectivity index (χ0v) is 14.4. The molecule has 0 aliphatic heterocycles. The van der Waals surface area contributed by atoms with Crippen LogP contribution < -0.4 is 0 Å². The van der Waals surface area contributed by atoms with Crippen molar-refractivity contribution in [3.8, 4) is 0 Å². The molecule has 3 nitrogen and oxygen atoms in total. The molecule has 0 rings (SSSR count). The van der Waals surface area contributed by atoms with E-state index in [-0.39, 0.29) is 6.42 Å². The SMILES string of the molecule is CCCCC/C=C/C=C/C(O)C/C=C/C/C=C/CCCC(=O)O. The summed E-state index contributed by atoms with van der Waals surface area (Å²) >= 11 is 0. The van der Waals surface area contributed by atoms with Crippen LogP contribution in [0.15, 0.2) is 48.6 Å². The van der Waals surface area contributed by atoms with Crippen molar-refractivity contribution in [1.29, 1.82) is 0 Å². The van der Waals surface area contributed by atoms with E-state index in [2.05, 4.69) is 13.0 Å². The molecule has 0 saturated heterocycles. The summed E-state index contributed by atoms with van der Waals surface area (Å²) in [5, 5.41) is 18.3. The summed E-state index contributed by atoms with van der Waals surface area (Å²) < 4.78 is 0. The summed E-state index contributed by atoms with van der Waals surface area (Å²) in [6.07, 6.45) is 23.5. The molecule has 0 aromatic carbocycles. The van der Waals surface area contributed by atoms with Crippen LogP contribution in [0.5, 0.6) is 0 Å². The number of aliphatic hydroxyl groups excluding tert-OH is 1. The second-order valence-corrected chi connectivity index (χ2v) is 5.58. The number of carbonyl (C=O) groups is 1. The van der Waals surface area contributed by atoms with E-state index in [1.807, 2.05) is 42.5 Å². The Balaban J connectivity index is 3.61. The van der Waals surface area contributed by atoms with E-state index < -0.39 is 12.1 Å². The standard InChI is InChI=1S/C20H32O3/c1-2-3-4-5-7-10-13-16-19(21)17-14-11-8-6-9-12-15-18-20(22)23/h6-7,9-11,13-14,16,19,21H,2-5,8,12,15,17-18H2,1H3,(H,22,23)/b9-6+,10-7+,14-11+,16-13+. The Morgan fingerprint density at radius 3 is 2.43 bits per heavy atom. The van der Waals surface area contributed by atoms with Gasteiger partial charge in [0.1, 0.15) is 0 Å². The quantitative estimate of drug-likeness (QED) is 0.263. The van der Waals surface area contributed by atoms with E-state index in [0.29, 0.717) is 12.8 Å². The molecule has 3 heteroatoms. The van der Waals surface area contributed by atoms with Gasteiger partial charge in [0, 0.05) is 6.42 Å².